The second-order valence-electron chi connectivity index (χ2n) is 1.63. The zero-order valence-electron chi connectivity index (χ0n) is 6.00. The van der Waals surface area contributed by atoms with Gasteiger partial charge in [0.25, 0.3) is 0 Å². The molecule has 1 rings (SSSR count). The fraction of sp³-hybridized carbons (Fsp3) is 0.250. The molecular weight excluding hydrogens is 148 g/mol. The van der Waals surface area contributed by atoms with Crippen molar-refractivity contribution in [2.75, 3.05) is 23.8 Å². The second-order valence-corrected chi connectivity index (χ2v) is 1.63. The van der Waals surface area contributed by atoms with E-state index in [0.29, 0.717) is 5.95 Å². The molecule has 1 aromatic rings. The van der Waals surface area contributed by atoms with Gasteiger partial charge in [0.05, 0.1) is 0 Å². The van der Waals surface area contributed by atoms with Gasteiger partial charge in [-0.1, -0.05) is 0 Å². The van der Waals surface area contributed by atoms with Gasteiger partial charge in [-0.05, 0) is 0 Å². The average molecular weight is 158 g/mol. The summed E-state index contributed by atoms with van der Waals surface area (Å²) in [4.78, 5) is 11.0. The van der Waals surface area contributed by atoms with Gasteiger partial charge in [-0.3, -0.25) is 0 Å². The number of nitrogens with one attached hydrogen (secondary N) is 1. The highest BCUT2D eigenvalue weighted by molar-refractivity contribution is 5.36. The van der Waals surface area contributed by atoms with Gasteiger partial charge in [-0.2, -0.15) is 15.0 Å². The Morgan fingerprint density at radius 1 is 1.09 bits per heavy atom. The largest absolute Gasteiger partial charge is 0.412 e. The van der Waals surface area contributed by atoms with E-state index >= 15 is 0 Å². The van der Waals surface area contributed by atoms with Crippen molar-refractivity contribution in [3.63, 3.8) is 0 Å². The Balaban J connectivity index is 0.000001000. The summed E-state index contributed by atoms with van der Waals surface area (Å²) >= 11 is 0. The summed E-state index contributed by atoms with van der Waals surface area (Å²) in [6.45, 7) is 0. The molecule has 62 valence electrons. The van der Waals surface area contributed by atoms with Gasteiger partial charge < -0.3 is 22.3 Å². The fourth-order valence-electron chi connectivity index (χ4n) is 0.521. The first-order chi connectivity index (χ1) is 4.72. The van der Waals surface area contributed by atoms with Gasteiger partial charge in [0, 0.05) is 7.05 Å². The van der Waals surface area contributed by atoms with Crippen LogP contribution in [0.15, 0.2) is 0 Å². The average Bonchev–Trinajstić information content (AvgIpc) is 1.85. The van der Waals surface area contributed by atoms with Crippen molar-refractivity contribution in [2.45, 2.75) is 0 Å². The minimum absolute atomic E-state index is 0. The minimum Gasteiger partial charge on any atom is -0.412 e. The molecule has 0 aromatic carbocycles. The predicted octanol–water partition coefficient (Wildman–Crippen LogP) is -1.75. The van der Waals surface area contributed by atoms with Crippen LogP contribution < -0.4 is 16.8 Å². The topological polar surface area (TPSA) is 134 Å². The van der Waals surface area contributed by atoms with Gasteiger partial charge in [0.1, 0.15) is 0 Å². The fourth-order valence-corrected chi connectivity index (χ4v) is 0.521. The van der Waals surface area contributed by atoms with Crippen LogP contribution in [0.3, 0.4) is 0 Å². The molecule has 1 heterocycles. The molecule has 0 aliphatic rings. The van der Waals surface area contributed by atoms with E-state index in [-0.39, 0.29) is 17.4 Å². The summed E-state index contributed by atoms with van der Waals surface area (Å²) in [6, 6.07) is 0. The summed E-state index contributed by atoms with van der Waals surface area (Å²) in [5.74, 6) is 0.624. The molecule has 7 N–H and O–H groups in total. The molecule has 0 unspecified atom stereocenters. The SMILES string of the molecule is CNc1nc(N)nc(N)n1.O. The molecule has 0 atom stereocenters. The number of hydrogen-bond acceptors (Lipinski definition) is 6. The van der Waals surface area contributed by atoms with Crippen molar-refractivity contribution in [1.82, 2.24) is 15.0 Å². The van der Waals surface area contributed by atoms with Crippen LogP contribution in [0.2, 0.25) is 0 Å². The van der Waals surface area contributed by atoms with Crippen LogP contribution in [-0.2, 0) is 0 Å². The van der Waals surface area contributed by atoms with E-state index in [1.165, 1.54) is 0 Å². The van der Waals surface area contributed by atoms with Crippen LogP contribution in [-0.4, -0.2) is 27.5 Å². The van der Waals surface area contributed by atoms with Crippen molar-refractivity contribution in [3.8, 4) is 0 Å². The first kappa shape index (κ1) is 9.37. The molecule has 11 heavy (non-hydrogen) atoms. The quantitative estimate of drug-likeness (QED) is 0.443. The molecule has 0 bridgehead atoms. The highest BCUT2D eigenvalue weighted by Gasteiger charge is 1.96. The summed E-state index contributed by atoms with van der Waals surface area (Å²) in [6.07, 6.45) is 0. The van der Waals surface area contributed by atoms with E-state index in [1.807, 2.05) is 0 Å². The molecule has 0 saturated carbocycles. The molecule has 0 aliphatic carbocycles. The molecule has 0 amide bonds. The zero-order valence-corrected chi connectivity index (χ0v) is 6.00. The summed E-state index contributed by atoms with van der Waals surface area (Å²) in [5, 5.41) is 2.69. The number of aromatic nitrogens is 3. The minimum atomic E-state index is 0. The predicted molar refractivity (Wildman–Crippen MR) is 41.8 cm³/mol. The van der Waals surface area contributed by atoms with Crippen molar-refractivity contribution < 1.29 is 5.48 Å². The van der Waals surface area contributed by atoms with Gasteiger partial charge in [-0.25, -0.2) is 0 Å². The normalized spacial score (nSPS) is 8.45. The van der Waals surface area contributed by atoms with Crippen LogP contribution in [0.25, 0.3) is 0 Å². The lowest BCUT2D eigenvalue weighted by molar-refractivity contribution is 0.824. The Morgan fingerprint density at radius 2 is 1.55 bits per heavy atom. The molecule has 7 heteroatoms. The Morgan fingerprint density at radius 3 is 1.91 bits per heavy atom. The van der Waals surface area contributed by atoms with Crippen molar-refractivity contribution >= 4 is 17.8 Å². The lowest BCUT2D eigenvalue weighted by Gasteiger charge is -1.98. The van der Waals surface area contributed by atoms with Gasteiger partial charge in [0.15, 0.2) is 0 Å². The second kappa shape index (κ2) is 3.52. The molecule has 0 radical (unpaired) electrons. The Bertz CT molecular complexity index is 218. The first-order valence-corrected chi connectivity index (χ1v) is 2.67. The smallest absolute Gasteiger partial charge is 0.229 e. The van der Waals surface area contributed by atoms with E-state index in [4.69, 9.17) is 11.5 Å². The molecule has 0 fully saturated rings. The maximum atomic E-state index is 5.25. The van der Waals surface area contributed by atoms with E-state index in [9.17, 15) is 0 Å². The van der Waals surface area contributed by atoms with Crippen molar-refractivity contribution in [1.29, 1.82) is 0 Å². The van der Waals surface area contributed by atoms with E-state index in [2.05, 4.69) is 20.3 Å². The molecule has 7 nitrogen and oxygen atoms in total. The summed E-state index contributed by atoms with van der Waals surface area (Å²) < 4.78 is 0. The molecule has 0 spiro atoms. The van der Waals surface area contributed by atoms with Crippen molar-refractivity contribution in [3.05, 3.63) is 0 Å². The molecular formula is C4H10N6O. The first-order valence-electron chi connectivity index (χ1n) is 2.67. The van der Waals surface area contributed by atoms with E-state index in [1.54, 1.807) is 7.05 Å². The third-order valence-corrected chi connectivity index (χ3v) is 0.894. The maximum absolute atomic E-state index is 5.25. The maximum Gasteiger partial charge on any atom is 0.229 e. The van der Waals surface area contributed by atoms with Crippen LogP contribution in [0, 0.1) is 0 Å². The van der Waals surface area contributed by atoms with Crippen molar-refractivity contribution in [2.24, 2.45) is 0 Å². The number of rotatable bonds is 1. The number of anilines is 3. The number of hydrogen-bond donors (Lipinski definition) is 3. The third kappa shape index (κ3) is 2.22. The third-order valence-electron chi connectivity index (χ3n) is 0.894. The van der Waals surface area contributed by atoms with Crippen LogP contribution in [0.1, 0.15) is 0 Å². The van der Waals surface area contributed by atoms with Crippen LogP contribution in [0.4, 0.5) is 17.8 Å². The number of nitrogen functional groups attached to an aromatic ring is 2. The molecule has 0 saturated heterocycles. The number of nitrogens with zero attached hydrogens (tertiary/aromatic N) is 3. The summed E-state index contributed by atoms with van der Waals surface area (Å²) in [5.41, 5.74) is 10.5. The Labute approximate surface area is 63.2 Å². The number of nitrogens with two attached hydrogens (primary N) is 2. The standard InChI is InChI=1S/C4H8N6.H2O/c1-7-4-9-2(5)8-3(6)10-4;/h1H3,(H5,5,6,7,8,9,10);1H2. The summed E-state index contributed by atoms with van der Waals surface area (Å²) in [7, 11) is 1.67. The van der Waals surface area contributed by atoms with Gasteiger partial charge >= 0.3 is 0 Å². The molecule has 0 aliphatic heterocycles. The molecule has 1 aromatic heterocycles. The lowest BCUT2D eigenvalue weighted by Crippen LogP contribution is -2.06. The van der Waals surface area contributed by atoms with E-state index < -0.39 is 0 Å². The highest BCUT2D eigenvalue weighted by atomic mass is 16.0. The Kier molecular flexibility index (Phi) is 3.00. The monoisotopic (exact) mass is 158 g/mol. The Hall–Kier alpha value is -1.63. The lowest BCUT2D eigenvalue weighted by atomic mass is 10.8. The van der Waals surface area contributed by atoms with Crippen LogP contribution in [0.5, 0.6) is 0 Å². The van der Waals surface area contributed by atoms with Gasteiger partial charge in [-0.15, -0.1) is 0 Å². The van der Waals surface area contributed by atoms with E-state index in [0.717, 1.165) is 0 Å². The zero-order chi connectivity index (χ0) is 7.56. The highest BCUT2D eigenvalue weighted by Crippen LogP contribution is 2.00. The van der Waals surface area contributed by atoms with Crippen LogP contribution >= 0.6 is 0 Å². The van der Waals surface area contributed by atoms with Gasteiger partial charge in [0.2, 0.25) is 17.8 Å².